The van der Waals surface area contributed by atoms with Crippen molar-refractivity contribution in [2.45, 2.75) is 79.1 Å². The van der Waals surface area contributed by atoms with Gasteiger partial charge in [-0.15, -0.1) is 0 Å². The zero-order chi connectivity index (χ0) is 26.6. The highest BCUT2D eigenvalue weighted by molar-refractivity contribution is 8.00. The summed E-state index contributed by atoms with van der Waals surface area (Å²) in [6.45, 7) is 8.63. The topological polar surface area (TPSA) is 101 Å². The Labute approximate surface area is 223 Å². The molecule has 202 valence electrons. The van der Waals surface area contributed by atoms with Crippen molar-refractivity contribution in [3.63, 3.8) is 0 Å². The first-order valence-electron chi connectivity index (χ1n) is 12.7. The molecule has 0 aliphatic rings. The highest BCUT2D eigenvalue weighted by Gasteiger charge is 2.22. The molecule has 2 aromatic rings. The monoisotopic (exact) mass is 538 g/mol. The highest BCUT2D eigenvalue weighted by Crippen LogP contribution is 2.29. The van der Waals surface area contributed by atoms with E-state index in [0.29, 0.717) is 24.0 Å². The average molecular weight is 539 g/mol. The standard InChI is InChI=1S/C28H42O6S2/c1-27(2,15-21-17-33-19-23(29)25(21)31)9-5-6-11-35-13-8-14-36-12-7-10-28(3,4)16-22-18-34-20-24(30)26(22)32/h17-20,29-30H,5-16H2,1-4H3. The van der Waals surface area contributed by atoms with Gasteiger partial charge in [0.05, 0.1) is 12.5 Å². The third-order valence-corrected chi connectivity index (χ3v) is 8.59. The Balaban J connectivity index is 1.48. The van der Waals surface area contributed by atoms with E-state index in [1.54, 1.807) is 0 Å². The van der Waals surface area contributed by atoms with Gasteiger partial charge >= 0.3 is 0 Å². The molecule has 2 heterocycles. The Morgan fingerprint density at radius 3 is 1.56 bits per heavy atom. The molecule has 6 nitrogen and oxygen atoms in total. The van der Waals surface area contributed by atoms with Crippen LogP contribution in [0.3, 0.4) is 0 Å². The maximum absolute atomic E-state index is 12.0. The second-order valence-electron chi connectivity index (χ2n) is 11.0. The molecule has 0 aliphatic carbocycles. The zero-order valence-corrected chi connectivity index (χ0v) is 23.8. The normalized spacial score (nSPS) is 12.2. The van der Waals surface area contributed by atoms with E-state index in [1.165, 1.54) is 36.9 Å². The summed E-state index contributed by atoms with van der Waals surface area (Å²) >= 11 is 4.01. The van der Waals surface area contributed by atoms with Crippen LogP contribution in [-0.2, 0) is 12.8 Å². The predicted molar refractivity (Wildman–Crippen MR) is 151 cm³/mol. The van der Waals surface area contributed by atoms with Crippen molar-refractivity contribution >= 4 is 23.5 Å². The van der Waals surface area contributed by atoms with Crippen LogP contribution in [0.4, 0.5) is 0 Å². The summed E-state index contributed by atoms with van der Waals surface area (Å²) in [5, 5.41) is 19.1. The summed E-state index contributed by atoms with van der Waals surface area (Å²) in [6, 6.07) is 0. The number of rotatable bonds is 17. The lowest BCUT2D eigenvalue weighted by molar-refractivity contribution is 0.316. The molecule has 0 saturated heterocycles. The van der Waals surface area contributed by atoms with Gasteiger partial charge in [0.1, 0.15) is 12.5 Å². The van der Waals surface area contributed by atoms with E-state index in [2.05, 4.69) is 27.7 Å². The van der Waals surface area contributed by atoms with Gasteiger partial charge in [0.15, 0.2) is 11.5 Å². The molecule has 0 aromatic carbocycles. The summed E-state index contributed by atoms with van der Waals surface area (Å²) in [6.07, 6.45) is 12.9. The largest absolute Gasteiger partial charge is 0.502 e. The van der Waals surface area contributed by atoms with E-state index in [1.807, 2.05) is 23.5 Å². The van der Waals surface area contributed by atoms with Gasteiger partial charge in [-0.25, -0.2) is 0 Å². The van der Waals surface area contributed by atoms with Gasteiger partial charge in [0.25, 0.3) is 0 Å². The molecule has 36 heavy (non-hydrogen) atoms. The van der Waals surface area contributed by atoms with Crippen LogP contribution in [0.2, 0.25) is 0 Å². The van der Waals surface area contributed by atoms with Crippen molar-refractivity contribution in [3.8, 4) is 11.5 Å². The molecule has 2 aromatic heterocycles. The molecule has 0 saturated carbocycles. The van der Waals surface area contributed by atoms with Crippen LogP contribution in [-0.4, -0.2) is 33.2 Å². The third-order valence-electron chi connectivity index (χ3n) is 6.28. The average Bonchev–Trinajstić information content (AvgIpc) is 2.80. The molecule has 0 bridgehead atoms. The maximum Gasteiger partial charge on any atom is 0.229 e. The van der Waals surface area contributed by atoms with Crippen molar-refractivity contribution in [1.82, 2.24) is 0 Å². The van der Waals surface area contributed by atoms with E-state index in [9.17, 15) is 19.8 Å². The quantitative estimate of drug-likeness (QED) is 0.216. The van der Waals surface area contributed by atoms with Crippen molar-refractivity contribution in [2.75, 3.05) is 23.0 Å². The molecule has 0 amide bonds. The summed E-state index contributed by atoms with van der Waals surface area (Å²) in [5.41, 5.74) is 0.412. The maximum atomic E-state index is 12.0. The fraction of sp³-hybridized carbons (Fsp3) is 0.643. The van der Waals surface area contributed by atoms with Gasteiger partial charge in [0.2, 0.25) is 10.9 Å². The fourth-order valence-electron chi connectivity index (χ4n) is 4.28. The Morgan fingerprint density at radius 1 is 0.639 bits per heavy atom. The van der Waals surface area contributed by atoms with Crippen LogP contribution in [0.25, 0.3) is 0 Å². The predicted octanol–water partition coefficient (Wildman–Crippen LogP) is 6.65. The second kappa shape index (κ2) is 14.8. The molecular formula is C28H42O6S2. The van der Waals surface area contributed by atoms with Crippen LogP contribution in [0.5, 0.6) is 11.5 Å². The number of thioether (sulfide) groups is 2. The van der Waals surface area contributed by atoms with Gasteiger partial charge in [-0.3, -0.25) is 9.59 Å². The SMILES string of the molecule is CC(C)(CCCCSCCCSCCCC(C)(C)Cc1cocc(O)c1=O)Cc1cocc(O)c1=O. The Kier molecular flexibility index (Phi) is 12.5. The lowest BCUT2D eigenvalue weighted by Crippen LogP contribution is -2.20. The molecule has 0 aliphatic heterocycles. The molecule has 2 N–H and O–H groups in total. The van der Waals surface area contributed by atoms with Crippen LogP contribution in [0.15, 0.2) is 43.5 Å². The molecular weight excluding hydrogens is 496 g/mol. The van der Waals surface area contributed by atoms with Gasteiger partial charge in [-0.1, -0.05) is 34.1 Å². The smallest absolute Gasteiger partial charge is 0.229 e. The highest BCUT2D eigenvalue weighted by atomic mass is 32.2. The van der Waals surface area contributed by atoms with Gasteiger partial charge in [-0.2, -0.15) is 23.5 Å². The number of hydrogen-bond acceptors (Lipinski definition) is 8. The van der Waals surface area contributed by atoms with Crippen molar-refractivity contribution in [1.29, 1.82) is 0 Å². The van der Waals surface area contributed by atoms with Crippen LogP contribution < -0.4 is 10.9 Å². The number of unbranched alkanes of at least 4 members (excludes halogenated alkanes) is 1. The molecule has 0 atom stereocenters. The summed E-state index contributed by atoms with van der Waals surface area (Å²) in [4.78, 5) is 24.0. The summed E-state index contributed by atoms with van der Waals surface area (Å²) < 4.78 is 10.1. The van der Waals surface area contributed by atoms with E-state index in [4.69, 9.17) is 8.83 Å². The van der Waals surface area contributed by atoms with E-state index in [0.717, 1.165) is 49.7 Å². The zero-order valence-electron chi connectivity index (χ0n) is 22.1. The Morgan fingerprint density at radius 2 is 1.06 bits per heavy atom. The third kappa shape index (κ3) is 11.1. The van der Waals surface area contributed by atoms with Crippen LogP contribution >= 0.6 is 23.5 Å². The van der Waals surface area contributed by atoms with E-state index >= 15 is 0 Å². The molecule has 0 fully saturated rings. The number of hydrogen-bond donors (Lipinski definition) is 2. The molecule has 2 rings (SSSR count). The lowest BCUT2D eigenvalue weighted by atomic mass is 9.81. The minimum Gasteiger partial charge on any atom is -0.502 e. The van der Waals surface area contributed by atoms with Crippen molar-refractivity contribution in [3.05, 3.63) is 56.6 Å². The van der Waals surface area contributed by atoms with Crippen molar-refractivity contribution in [2.24, 2.45) is 10.8 Å². The molecule has 0 unspecified atom stereocenters. The van der Waals surface area contributed by atoms with E-state index < -0.39 is 0 Å². The van der Waals surface area contributed by atoms with Gasteiger partial charge in [-0.05, 0) is 78.8 Å². The van der Waals surface area contributed by atoms with Crippen molar-refractivity contribution < 1.29 is 19.0 Å². The van der Waals surface area contributed by atoms with Gasteiger partial charge < -0.3 is 19.0 Å². The second-order valence-corrected chi connectivity index (χ2v) is 13.5. The lowest BCUT2D eigenvalue weighted by Gasteiger charge is -2.24. The molecule has 0 radical (unpaired) electrons. The minimum atomic E-state index is -0.326. The van der Waals surface area contributed by atoms with Crippen LogP contribution in [0.1, 0.15) is 77.3 Å². The first kappa shape index (κ1) is 30.4. The molecule has 0 spiro atoms. The Bertz CT molecular complexity index is 957. The summed E-state index contributed by atoms with van der Waals surface area (Å²) in [7, 11) is 0. The van der Waals surface area contributed by atoms with E-state index in [-0.39, 0.29) is 33.2 Å². The first-order valence-corrected chi connectivity index (χ1v) is 15.0. The first-order chi connectivity index (χ1) is 17.0. The van der Waals surface area contributed by atoms with Gasteiger partial charge in [0, 0.05) is 11.1 Å². The van der Waals surface area contributed by atoms with Crippen LogP contribution in [0, 0.1) is 10.8 Å². The Hall–Kier alpha value is -1.80. The summed E-state index contributed by atoms with van der Waals surface area (Å²) in [5.74, 6) is 3.99. The number of aromatic hydroxyl groups is 2. The minimum absolute atomic E-state index is 0.00613. The fourth-order valence-corrected chi connectivity index (χ4v) is 6.33. The molecule has 8 heteroatoms.